The molecule has 1 amide bonds. The van der Waals surface area contributed by atoms with Crippen molar-refractivity contribution in [1.82, 2.24) is 5.32 Å². The van der Waals surface area contributed by atoms with Gasteiger partial charge in [-0.25, -0.2) is 13.2 Å². The lowest BCUT2D eigenvalue weighted by Gasteiger charge is -2.15. The number of benzene rings is 1. The van der Waals surface area contributed by atoms with Gasteiger partial charge in [-0.2, -0.15) is 0 Å². The van der Waals surface area contributed by atoms with Crippen molar-refractivity contribution >= 4 is 37.7 Å². The molecule has 0 aliphatic carbocycles. The van der Waals surface area contributed by atoms with Gasteiger partial charge >= 0.3 is 5.63 Å². The lowest BCUT2D eigenvalue weighted by atomic mass is 9.98. The van der Waals surface area contributed by atoms with Crippen LogP contribution in [-0.2, 0) is 21.1 Å². The van der Waals surface area contributed by atoms with Gasteiger partial charge in [0.25, 0.3) is 0 Å². The maximum Gasteiger partial charge on any atom is 0.340 e. The van der Waals surface area contributed by atoms with Crippen LogP contribution >= 0.6 is 0 Å². The Labute approximate surface area is 166 Å². The Bertz CT molecular complexity index is 1320. The highest BCUT2D eigenvalue weighted by Crippen LogP contribution is 2.34. The fraction of sp³-hybridized carbons (Fsp3) is 0.400. The van der Waals surface area contributed by atoms with E-state index in [1.54, 1.807) is 19.3 Å². The third kappa shape index (κ3) is 3.34. The van der Waals surface area contributed by atoms with Gasteiger partial charge in [0.1, 0.15) is 11.2 Å². The van der Waals surface area contributed by atoms with E-state index in [0.29, 0.717) is 22.1 Å². The van der Waals surface area contributed by atoms with E-state index < -0.39 is 33.5 Å². The molecule has 2 aromatic heterocycles. The lowest BCUT2D eigenvalue weighted by Crippen LogP contribution is -2.43. The number of hydrogen-bond acceptors (Lipinski definition) is 7. The summed E-state index contributed by atoms with van der Waals surface area (Å²) in [5.41, 5.74) is 2.97. The molecule has 3 heterocycles. The van der Waals surface area contributed by atoms with Gasteiger partial charge in [0.2, 0.25) is 5.91 Å². The zero-order valence-corrected chi connectivity index (χ0v) is 17.1. The Hall–Kier alpha value is -2.65. The molecule has 1 aliphatic rings. The second-order valence-electron chi connectivity index (χ2n) is 7.68. The van der Waals surface area contributed by atoms with Crippen LogP contribution in [0, 0.1) is 20.8 Å². The highest BCUT2D eigenvalue weighted by molar-refractivity contribution is 7.91. The van der Waals surface area contributed by atoms with Gasteiger partial charge in [0, 0.05) is 5.39 Å². The molecule has 1 fully saturated rings. The number of amides is 1. The van der Waals surface area contributed by atoms with E-state index in [1.165, 1.54) is 0 Å². The molecule has 2 atom stereocenters. The Kier molecular flexibility index (Phi) is 4.54. The summed E-state index contributed by atoms with van der Waals surface area (Å²) in [6.07, 6.45) is 0.185. The summed E-state index contributed by atoms with van der Waals surface area (Å²) in [5, 5.41) is 13.9. The van der Waals surface area contributed by atoms with E-state index in [2.05, 4.69) is 5.32 Å². The van der Waals surface area contributed by atoms with Crippen molar-refractivity contribution in [2.45, 2.75) is 39.3 Å². The molecular formula is C20H21NO7S. The van der Waals surface area contributed by atoms with Crippen LogP contribution in [0.15, 0.2) is 26.0 Å². The van der Waals surface area contributed by atoms with Crippen molar-refractivity contribution in [3.63, 3.8) is 0 Å². The average Bonchev–Trinajstić information content (AvgIpc) is 3.10. The van der Waals surface area contributed by atoms with Crippen molar-refractivity contribution in [3.05, 3.63) is 45.0 Å². The monoisotopic (exact) mass is 419 g/mol. The zero-order valence-electron chi connectivity index (χ0n) is 16.2. The number of rotatable bonds is 3. The van der Waals surface area contributed by atoms with Gasteiger partial charge in [0.15, 0.2) is 9.84 Å². The summed E-state index contributed by atoms with van der Waals surface area (Å²) in [6, 6.07) is 0.889. The van der Waals surface area contributed by atoms with Crippen LogP contribution < -0.4 is 10.9 Å². The fourth-order valence-corrected chi connectivity index (χ4v) is 5.80. The molecule has 0 saturated carbocycles. The molecule has 1 saturated heterocycles. The number of aliphatic hydroxyl groups is 1. The highest BCUT2D eigenvalue weighted by Gasteiger charge is 2.37. The van der Waals surface area contributed by atoms with Gasteiger partial charge in [-0.1, -0.05) is 0 Å². The van der Waals surface area contributed by atoms with E-state index >= 15 is 0 Å². The Morgan fingerprint density at radius 3 is 2.59 bits per heavy atom. The van der Waals surface area contributed by atoms with Crippen LogP contribution in [-0.4, -0.2) is 43.1 Å². The maximum absolute atomic E-state index is 12.5. The topological polar surface area (TPSA) is 127 Å². The van der Waals surface area contributed by atoms with Crippen LogP contribution in [0.1, 0.15) is 22.3 Å². The molecule has 29 heavy (non-hydrogen) atoms. The van der Waals surface area contributed by atoms with Crippen molar-refractivity contribution < 1.29 is 27.2 Å². The molecule has 8 nitrogen and oxygen atoms in total. The zero-order chi connectivity index (χ0) is 21.1. The highest BCUT2D eigenvalue weighted by atomic mass is 32.2. The minimum atomic E-state index is -3.39. The number of carbonyl (C=O) groups is 1. The number of carbonyl (C=O) groups excluding carboxylic acids is 1. The predicted octanol–water partition coefficient (Wildman–Crippen LogP) is 1.28. The van der Waals surface area contributed by atoms with Gasteiger partial charge in [-0.3, -0.25) is 4.79 Å². The Morgan fingerprint density at radius 1 is 1.21 bits per heavy atom. The quantitative estimate of drug-likeness (QED) is 0.612. The van der Waals surface area contributed by atoms with E-state index in [9.17, 15) is 23.1 Å². The number of nitrogens with one attached hydrogen (secondary N) is 1. The summed E-state index contributed by atoms with van der Waals surface area (Å²) in [6.45, 7) is 5.56. The van der Waals surface area contributed by atoms with Crippen LogP contribution in [0.3, 0.4) is 0 Å². The first-order chi connectivity index (χ1) is 13.6. The van der Waals surface area contributed by atoms with Crippen LogP contribution in [0.5, 0.6) is 0 Å². The first kappa shape index (κ1) is 19.7. The molecule has 1 aromatic carbocycles. The molecular weight excluding hydrogens is 398 g/mol. The molecule has 1 aliphatic heterocycles. The van der Waals surface area contributed by atoms with Crippen molar-refractivity contribution in [3.8, 4) is 0 Å². The number of aryl methyl sites for hydroxylation is 3. The van der Waals surface area contributed by atoms with Gasteiger partial charge in [0.05, 0.1) is 47.3 Å². The number of sulfone groups is 1. The van der Waals surface area contributed by atoms with E-state index in [1.807, 2.05) is 13.8 Å². The summed E-state index contributed by atoms with van der Waals surface area (Å²) in [4.78, 5) is 25.0. The van der Waals surface area contributed by atoms with Crippen molar-refractivity contribution in [2.75, 3.05) is 11.5 Å². The molecule has 0 radical (unpaired) electrons. The lowest BCUT2D eigenvalue weighted by molar-refractivity contribution is -0.121. The van der Waals surface area contributed by atoms with E-state index in [-0.39, 0.29) is 23.5 Å². The first-order valence-electron chi connectivity index (χ1n) is 9.19. The van der Waals surface area contributed by atoms with Crippen LogP contribution in [0.25, 0.3) is 21.9 Å². The summed E-state index contributed by atoms with van der Waals surface area (Å²) < 4.78 is 34.4. The third-order valence-corrected chi connectivity index (χ3v) is 7.19. The normalized spacial score (nSPS) is 21.1. The molecule has 9 heteroatoms. The molecule has 2 unspecified atom stereocenters. The number of hydrogen-bond donors (Lipinski definition) is 2. The predicted molar refractivity (Wildman–Crippen MR) is 107 cm³/mol. The van der Waals surface area contributed by atoms with Crippen molar-refractivity contribution in [2.24, 2.45) is 0 Å². The fourth-order valence-electron chi connectivity index (χ4n) is 4.06. The summed E-state index contributed by atoms with van der Waals surface area (Å²) in [7, 11) is -3.39. The molecule has 154 valence electrons. The Morgan fingerprint density at radius 2 is 1.93 bits per heavy atom. The second kappa shape index (κ2) is 6.70. The molecule has 2 N–H and O–H groups in total. The average molecular weight is 419 g/mol. The van der Waals surface area contributed by atoms with Gasteiger partial charge in [-0.15, -0.1) is 0 Å². The van der Waals surface area contributed by atoms with E-state index in [0.717, 1.165) is 16.5 Å². The maximum atomic E-state index is 12.5. The van der Waals surface area contributed by atoms with Gasteiger partial charge < -0.3 is 19.3 Å². The first-order valence-corrected chi connectivity index (χ1v) is 11.0. The number of aliphatic hydroxyl groups excluding tert-OH is 1. The van der Waals surface area contributed by atoms with Crippen LogP contribution in [0.4, 0.5) is 0 Å². The molecule has 0 spiro atoms. The third-order valence-electron chi connectivity index (χ3n) is 5.47. The standard InChI is InChI=1S/C20H21NO7S/c1-9-4-15-18(19-17(9)10(2)6-27-19)11(3)12(20(24)28-15)5-16(23)21-13-7-29(25,26)8-14(13)22/h4,6,13-14,22H,5,7-8H2,1-3H3,(H,21,23). The Balaban J connectivity index is 1.73. The SMILES string of the molecule is Cc1coc2c1c(C)cc1oc(=O)c(CC(=O)NC3CS(=O)(=O)CC3O)c(C)c12. The molecule has 0 bridgehead atoms. The van der Waals surface area contributed by atoms with Gasteiger partial charge in [-0.05, 0) is 43.5 Å². The van der Waals surface area contributed by atoms with E-state index in [4.69, 9.17) is 8.83 Å². The summed E-state index contributed by atoms with van der Waals surface area (Å²) >= 11 is 0. The smallest absolute Gasteiger partial charge is 0.340 e. The largest absolute Gasteiger partial charge is 0.463 e. The minimum Gasteiger partial charge on any atom is -0.463 e. The second-order valence-corrected chi connectivity index (χ2v) is 9.83. The number of fused-ring (bicyclic) bond motifs is 3. The van der Waals surface area contributed by atoms with Crippen LogP contribution in [0.2, 0.25) is 0 Å². The molecule has 3 aromatic rings. The molecule has 4 rings (SSSR count). The minimum absolute atomic E-state index is 0.171. The van der Waals surface area contributed by atoms with Crippen molar-refractivity contribution in [1.29, 1.82) is 0 Å². The summed E-state index contributed by atoms with van der Waals surface area (Å²) in [5.74, 6) is -1.26. The number of furan rings is 1.